The summed E-state index contributed by atoms with van der Waals surface area (Å²) in [5, 5.41) is 3.02. The number of benzene rings is 2. The molecule has 1 amide bonds. The Labute approximate surface area is 154 Å². The predicted molar refractivity (Wildman–Crippen MR) is 104 cm³/mol. The van der Waals surface area contributed by atoms with Crippen LogP contribution in [-0.2, 0) is 9.53 Å². The van der Waals surface area contributed by atoms with Gasteiger partial charge in [-0.3, -0.25) is 4.79 Å². The van der Waals surface area contributed by atoms with Crippen LogP contribution in [0.1, 0.15) is 17.5 Å². The minimum Gasteiger partial charge on any atom is -0.493 e. The van der Waals surface area contributed by atoms with E-state index in [-0.39, 0.29) is 5.91 Å². The van der Waals surface area contributed by atoms with Crippen LogP contribution in [-0.4, -0.2) is 38.8 Å². The molecular weight excluding hydrogens is 328 g/mol. The van der Waals surface area contributed by atoms with E-state index >= 15 is 0 Å². The first-order valence-corrected chi connectivity index (χ1v) is 9.05. The molecule has 26 heavy (non-hydrogen) atoms. The van der Waals surface area contributed by atoms with E-state index in [1.165, 1.54) is 5.56 Å². The highest BCUT2D eigenvalue weighted by Crippen LogP contribution is 2.26. The van der Waals surface area contributed by atoms with Gasteiger partial charge in [0, 0.05) is 13.1 Å². The van der Waals surface area contributed by atoms with Gasteiger partial charge >= 0.3 is 0 Å². The average Bonchev–Trinajstić information content (AvgIpc) is 2.65. The lowest BCUT2D eigenvalue weighted by Gasteiger charge is -2.30. The van der Waals surface area contributed by atoms with E-state index < -0.39 is 0 Å². The van der Waals surface area contributed by atoms with Crippen molar-refractivity contribution in [2.45, 2.75) is 20.3 Å². The zero-order valence-electron chi connectivity index (χ0n) is 15.5. The number of nitrogens with one attached hydrogen (secondary N) is 1. The number of rotatable bonds is 6. The lowest BCUT2D eigenvalue weighted by Crippen LogP contribution is -2.36. The maximum absolute atomic E-state index is 12.3. The minimum absolute atomic E-state index is 0.0459. The summed E-state index contributed by atoms with van der Waals surface area (Å²) in [6.45, 7) is 7.52. The van der Waals surface area contributed by atoms with Crippen LogP contribution in [0.5, 0.6) is 5.75 Å². The van der Waals surface area contributed by atoms with Gasteiger partial charge in [0.1, 0.15) is 5.75 Å². The largest absolute Gasteiger partial charge is 0.493 e. The molecule has 1 aliphatic rings. The Morgan fingerprint density at radius 3 is 2.69 bits per heavy atom. The lowest BCUT2D eigenvalue weighted by atomic mass is 10.1. The molecule has 0 radical (unpaired) electrons. The maximum atomic E-state index is 12.3. The first-order valence-electron chi connectivity index (χ1n) is 9.05. The first-order chi connectivity index (χ1) is 12.6. The first kappa shape index (κ1) is 18.3. The van der Waals surface area contributed by atoms with Gasteiger partial charge in [0.25, 0.3) is 0 Å². The van der Waals surface area contributed by atoms with Gasteiger partial charge in [-0.2, -0.15) is 0 Å². The van der Waals surface area contributed by atoms with Crippen molar-refractivity contribution in [2.24, 2.45) is 0 Å². The molecule has 1 N–H and O–H groups in total. The quantitative estimate of drug-likeness (QED) is 0.862. The maximum Gasteiger partial charge on any atom is 0.227 e. The van der Waals surface area contributed by atoms with Gasteiger partial charge in [-0.25, -0.2) is 0 Å². The summed E-state index contributed by atoms with van der Waals surface area (Å²) in [7, 11) is 0. The number of anilines is 2. The fourth-order valence-electron chi connectivity index (χ4n) is 3.09. The topological polar surface area (TPSA) is 50.8 Å². The van der Waals surface area contributed by atoms with Crippen molar-refractivity contribution < 1.29 is 14.3 Å². The van der Waals surface area contributed by atoms with Crippen LogP contribution < -0.4 is 15.0 Å². The van der Waals surface area contributed by atoms with E-state index in [0.717, 1.165) is 35.8 Å². The molecule has 2 aromatic carbocycles. The zero-order chi connectivity index (χ0) is 18.4. The van der Waals surface area contributed by atoms with Gasteiger partial charge in [-0.05, 0) is 37.6 Å². The van der Waals surface area contributed by atoms with E-state index in [1.807, 2.05) is 43.3 Å². The number of ether oxygens (including phenoxy) is 2. The molecule has 0 saturated carbocycles. The summed E-state index contributed by atoms with van der Waals surface area (Å²) in [5.41, 5.74) is 4.17. The molecular formula is C21H26N2O3. The molecule has 138 valence electrons. The number of carbonyl (C=O) groups excluding carboxylic acids is 1. The molecule has 1 saturated heterocycles. The molecule has 0 unspecified atom stereocenters. The summed E-state index contributed by atoms with van der Waals surface area (Å²) >= 11 is 0. The van der Waals surface area contributed by atoms with Crippen LogP contribution in [0.4, 0.5) is 11.4 Å². The fourth-order valence-corrected chi connectivity index (χ4v) is 3.09. The van der Waals surface area contributed by atoms with Crippen LogP contribution in [0.2, 0.25) is 0 Å². The van der Waals surface area contributed by atoms with E-state index in [9.17, 15) is 4.79 Å². The molecule has 0 bridgehead atoms. The van der Waals surface area contributed by atoms with Crippen molar-refractivity contribution in [1.29, 1.82) is 0 Å². The van der Waals surface area contributed by atoms with Crippen molar-refractivity contribution in [3.8, 4) is 5.75 Å². The van der Waals surface area contributed by atoms with Crippen LogP contribution in [0.15, 0.2) is 42.5 Å². The Bertz CT molecular complexity index is 755. The van der Waals surface area contributed by atoms with Crippen LogP contribution in [0.25, 0.3) is 0 Å². The molecule has 5 heteroatoms. The Balaban J connectivity index is 1.55. The number of hydrogen-bond donors (Lipinski definition) is 1. The second-order valence-electron chi connectivity index (χ2n) is 6.53. The lowest BCUT2D eigenvalue weighted by molar-refractivity contribution is -0.116. The minimum atomic E-state index is -0.0459. The van der Waals surface area contributed by atoms with E-state index in [2.05, 4.69) is 23.2 Å². The Morgan fingerprint density at radius 2 is 1.92 bits per heavy atom. The molecule has 5 nitrogen and oxygen atoms in total. The van der Waals surface area contributed by atoms with Crippen molar-refractivity contribution in [3.63, 3.8) is 0 Å². The Hall–Kier alpha value is -2.53. The average molecular weight is 354 g/mol. The van der Waals surface area contributed by atoms with Crippen LogP contribution >= 0.6 is 0 Å². The van der Waals surface area contributed by atoms with Gasteiger partial charge in [-0.1, -0.05) is 29.8 Å². The number of carbonyl (C=O) groups is 1. The zero-order valence-corrected chi connectivity index (χ0v) is 15.5. The summed E-state index contributed by atoms with van der Waals surface area (Å²) in [6.07, 6.45) is 0.310. The third kappa shape index (κ3) is 4.76. The van der Waals surface area contributed by atoms with Gasteiger partial charge in [-0.15, -0.1) is 0 Å². The number of morpholine rings is 1. The van der Waals surface area contributed by atoms with Crippen molar-refractivity contribution in [3.05, 3.63) is 53.6 Å². The van der Waals surface area contributed by atoms with Crippen LogP contribution in [0.3, 0.4) is 0 Å². The second kappa shape index (κ2) is 8.72. The molecule has 1 fully saturated rings. The molecule has 1 aliphatic heterocycles. The van der Waals surface area contributed by atoms with Gasteiger partial charge in [0.2, 0.25) is 5.91 Å². The standard InChI is InChI=1S/C21H26N2O3/c1-16-7-8-20(17(2)15-16)26-12-9-21(24)22-18-5-3-4-6-19(18)23-10-13-25-14-11-23/h3-8,15H,9-14H2,1-2H3,(H,22,24). The molecule has 2 aromatic rings. The molecule has 3 rings (SSSR count). The highest BCUT2D eigenvalue weighted by atomic mass is 16.5. The smallest absolute Gasteiger partial charge is 0.227 e. The number of para-hydroxylation sites is 2. The van der Waals surface area contributed by atoms with E-state index in [4.69, 9.17) is 9.47 Å². The SMILES string of the molecule is Cc1ccc(OCCC(=O)Nc2ccccc2N2CCOCC2)c(C)c1. The summed E-state index contributed by atoms with van der Waals surface area (Å²) in [6, 6.07) is 13.9. The van der Waals surface area contributed by atoms with E-state index in [0.29, 0.717) is 26.2 Å². The molecule has 0 atom stereocenters. The number of amides is 1. The fraction of sp³-hybridized carbons (Fsp3) is 0.381. The number of nitrogens with zero attached hydrogens (tertiary/aromatic N) is 1. The highest BCUT2D eigenvalue weighted by Gasteiger charge is 2.15. The predicted octanol–water partition coefficient (Wildman–Crippen LogP) is 3.55. The molecule has 0 spiro atoms. The van der Waals surface area contributed by atoms with Crippen LogP contribution in [0, 0.1) is 13.8 Å². The third-order valence-corrected chi connectivity index (χ3v) is 4.45. The monoisotopic (exact) mass is 354 g/mol. The normalized spacial score (nSPS) is 14.2. The third-order valence-electron chi connectivity index (χ3n) is 4.45. The second-order valence-corrected chi connectivity index (χ2v) is 6.53. The number of aryl methyl sites for hydroxylation is 2. The Morgan fingerprint density at radius 1 is 1.15 bits per heavy atom. The van der Waals surface area contributed by atoms with Gasteiger partial charge in [0.05, 0.1) is 37.6 Å². The molecule has 0 aliphatic carbocycles. The molecule has 1 heterocycles. The number of hydrogen-bond acceptors (Lipinski definition) is 4. The van der Waals surface area contributed by atoms with Crippen molar-refractivity contribution in [1.82, 2.24) is 0 Å². The summed E-state index contributed by atoms with van der Waals surface area (Å²) in [5.74, 6) is 0.785. The summed E-state index contributed by atoms with van der Waals surface area (Å²) in [4.78, 5) is 14.6. The van der Waals surface area contributed by atoms with Crippen molar-refractivity contribution >= 4 is 17.3 Å². The van der Waals surface area contributed by atoms with Crippen molar-refractivity contribution in [2.75, 3.05) is 43.1 Å². The van der Waals surface area contributed by atoms with Gasteiger partial charge < -0.3 is 19.7 Å². The highest BCUT2D eigenvalue weighted by molar-refractivity contribution is 5.94. The Kier molecular flexibility index (Phi) is 6.12. The summed E-state index contributed by atoms with van der Waals surface area (Å²) < 4.78 is 11.2. The van der Waals surface area contributed by atoms with E-state index in [1.54, 1.807) is 0 Å². The van der Waals surface area contributed by atoms with Gasteiger partial charge in [0.15, 0.2) is 0 Å². The molecule has 0 aromatic heterocycles.